The van der Waals surface area contributed by atoms with Gasteiger partial charge in [-0.25, -0.2) is 4.98 Å². The zero-order valence-electron chi connectivity index (χ0n) is 11.8. The molecule has 2 heterocycles. The van der Waals surface area contributed by atoms with E-state index in [2.05, 4.69) is 15.2 Å². The molecule has 0 aliphatic rings. The molecule has 1 N–H and O–H groups in total. The average molecular weight is 292 g/mol. The van der Waals surface area contributed by atoms with Crippen molar-refractivity contribution >= 4 is 22.2 Å². The van der Waals surface area contributed by atoms with Crippen LogP contribution < -0.4 is 5.56 Å². The number of hydrogen-bond acceptors (Lipinski definition) is 6. The van der Waals surface area contributed by atoms with E-state index in [1.165, 1.54) is 15.9 Å². The van der Waals surface area contributed by atoms with Crippen LogP contribution >= 0.6 is 11.3 Å². The van der Waals surface area contributed by atoms with Crippen molar-refractivity contribution in [2.45, 2.75) is 34.2 Å². The zero-order valence-corrected chi connectivity index (χ0v) is 12.7. The second-order valence-electron chi connectivity index (χ2n) is 4.43. The molecule has 20 heavy (non-hydrogen) atoms. The average Bonchev–Trinajstić information content (AvgIpc) is 2.83. The Morgan fingerprint density at radius 1 is 1.30 bits per heavy atom. The van der Waals surface area contributed by atoms with Gasteiger partial charge in [0.25, 0.3) is 5.56 Å². The van der Waals surface area contributed by atoms with Crippen molar-refractivity contribution in [1.29, 1.82) is 0 Å². The minimum atomic E-state index is -0.342. The summed E-state index contributed by atoms with van der Waals surface area (Å²) < 4.78 is 1.28. The first kappa shape index (κ1) is 14.4. The maximum Gasteiger partial charge on any atom is 0.281 e. The van der Waals surface area contributed by atoms with Crippen LogP contribution in [0.2, 0.25) is 0 Å². The SMILES string of the molecule is CCn1c(O)c(C)c(C)c(N=Nc2ncc(C)s2)c1=O. The molecule has 0 aliphatic carbocycles. The quantitative estimate of drug-likeness (QED) is 0.881. The predicted molar refractivity (Wildman–Crippen MR) is 78.5 cm³/mol. The molecule has 2 rings (SSSR count). The van der Waals surface area contributed by atoms with Gasteiger partial charge in [0.2, 0.25) is 5.13 Å². The monoisotopic (exact) mass is 292 g/mol. The Morgan fingerprint density at radius 3 is 2.55 bits per heavy atom. The Kier molecular flexibility index (Phi) is 3.99. The lowest BCUT2D eigenvalue weighted by Crippen LogP contribution is -2.20. The maximum absolute atomic E-state index is 12.3. The number of thiazole rings is 1. The van der Waals surface area contributed by atoms with Crippen LogP contribution in [0.5, 0.6) is 5.88 Å². The standard InChI is InChI=1S/C13H16N4O2S/c1-5-17-11(18)9(4)8(3)10(12(17)19)15-16-13-14-6-7(2)20-13/h6,18H,5H2,1-4H3. The summed E-state index contributed by atoms with van der Waals surface area (Å²) in [4.78, 5) is 17.4. The van der Waals surface area contributed by atoms with E-state index < -0.39 is 0 Å². The molecule has 106 valence electrons. The van der Waals surface area contributed by atoms with Crippen molar-refractivity contribution in [2.24, 2.45) is 10.2 Å². The third-order valence-electron chi connectivity index (χ3n) is 3.12. The summed E-state index contributed by atoms with van der Waals surface area (Å²) in [6.45, 7) is 7.60. The van der Waals surface area contributed by atoms with Crippen LogP contribution in [0, 0.1) is 20.8 Å². The smallest absolute Gasteiger partial charge is 0.281 e. The summed E-state index contributed by atoms with van der Waals surface area (Å²) in [6.07, 6.45) is 1.71. The van der Waals surface area contributed by atoms with E-state index in [4.69, 9.17) is 0 Å². The van der Waals surface area contributed by atoms with Crippen molar-refractivity contribution < 1.29 is 5.11 Å². The van der Waals surface area contributed by atoms with Gasteiger partial charge in [-0.15, -0.1) is 10.2 Å². The van der Waals surface area contributed by atoms with Gasteiger partial charge in [0.1, 0.15) is 0 Å². The first-order valence-electron chi connectivity index (χ1n) is 6.22. The Labute approximate surface area is 120 Å². The molecule has 0 aliphatic heterocycles. The first-order valence-corrected chi connectivity index (χ1v) is 7.04. The van der Waals surface area contributed by atoms with Gasteiger partial charge < -0.3 is 5.11 Å². The van der Waals surface area contributed by atoms with Crippen LogP contribution in [0.4, 0.5) is 10.8 Å². The molecule has 0 saturated carbocycles. The van der Waals surface area contributed by atoms with Gasteiger partial charge in [-0.1, -0.05) is 11.3 Å². The molecule has 0 aromatic carbocycles. The normalized spacial score (nSPS) is 11.4. The van der Waals surface area contributed by atoms with E-state index in [1.807, 2.05) is 6.92 Å². The lowest BCUT2D eigenvalue weighted by molar-refractivity contribution is 0.406. The summed E-state index contributed by atoms with van der Waals surface area (Å²) in [5.74, 6) is -0.0148. The molecule has 2 aromatic heterocycles. The molecular formula is C13H16N4O2S. The van der Waals surface area contributed by atoms with Gasteiger partial charge in [0.15, 0.2) is 11.6 Å². The fraction of sp³-hybridized carbons (Fsp3) is 0.385. The lowest BCUT2D eigenvalue weighted by Gasteiger charge is -2.12. The maximum atomic E-state index is 12.3. The summed E-state index contributed by atoms with van der Waals surface area (Å²) in [5.41, 5.74) is 1.17. The first-order chi connectivity index (χ1) is 9.45. The van der Waals surface area contributed by atoms with Gasteiger partial charge in [-0.05, 0) is 33.3 Å². The zero-order chi connectivity index (χ0) is 14.9. The van der Waals surface area contributed by atoms with Crippen molar-refractivity contribution in [3.05, 3.63) is 32.6 Å². The molecule has 0 saturated heterocycles. The van der Waals surface area contributed by atoms with Crippen LogP contribution in [-0.2, 0) is 6.54 Å². The number of hydrogen-bond donors (Lipinski definition) is 1. The Hall–Kier alpha value is -2.02. The van der Waals surface area contributed by atoms with Crippen molar-refractivity contribution in [2.75, 3.05) is 0 Å². The predicted octanol–water partition coefficient (Wildman–Crippen LogP) is 3.37. The molecule has 7 heteroatoms. The Bertz CT molecular complexity index is 731. The highest BCUT2D eigenvalue weighted by atomic mass is 32.1. The number of azo groups is 1. The van der Waals surface area contributed by atoms with Crippen LogP contribution in [0.3, 0.4) is 0 Å². The summed E-state index contributed by atoms with van der Waals surface area (Å²) >= 11 is 1.41. The van der Waals surface area contributed by atoms with Crippen LogP contribution in [0.15, 0.2) is 21.2 Å². The molecular weight excluding hydrogens is 276 g/mol. The Morgan fingerprint density at radius 2 is 2.00 bits per heavy atom. The Balaban J connectivity index is 2.54. The minimum absolute atomic E-state index is 0.0148. The number of aromatic hydroxyl groups is 1. The van der Waals surface area contributed by atoms with Crippen molar-refractivity contribution in [1.82, 2.24) is 9.55 Å². The highest BCUT2D eigenvalue weighted by molar-refractivity contribution is 7.15. The third kappa shape index (κ3) is 2.49. The summed E-state index contributed by atoms with van der Waals surface area (Å²) in [6, 6.07) is 0. The number of pyridine rings is 1. The van der Waals surface area contributed by atoms with E-state index in [9.17, 15) is 9.90 Å². The van der Waals surface area contributed by atoms with E-state index in [1.54, 1.807) is 27.0 Å². The molecule has 0 unspecified atom stereocenters. The van der Waals surface area contributed by atoms with Gasteiger partial charge in [0.05, 0.1) is 0 Å². The topological polar surface area (TPSA) is 79.8 Å². The van der Waals surface area contributed by atoms with Gasteiger partial charge in [-0.3, -0.25) is 9.36 Å². The highest BCUT2D eigenvalue weighted by Crippen LogP contribution is 2.27. The molecule has 6 nitrogen and oxygen atoms in total. The summed E-state index contributed by atoms with van der Waals surface area (Å²) in [7, 11) is 0. The number of aromatic nitrogens is 2. The van der Waals surface area contributed by atoms with Crippen molar-refractivity contribution in [3.8, 4) is 5.88 Å². The fourth-order valence-electron chi connectivity index (χ4n) is 1.83. The number of aryl methyl sites for hydroxylation is 1. The van der Waals surface area contributed by atoms with Crippen molar-refractivity contribution in [3.63, 3.8) is 0 Å². The molecule has 0 radical (unpaired) electrons. The van der Waals surface area contributed by atoms with E-state index in [0.29, 0.717) is 22.8 Å². The van der Waals surface area contributed by atoms with Gasteiger partial charge in [-0.2, -0.15) is 0 Å². The molecule has 0 spiro atoms. The second-order valence-corrected chi connectivity index (χ2v) is 5.64. The molecule has 0 fully saturated rings. The third-order valence-corrected chi connectivity index (χ3v) is 3.91. The number of rotatable bonds is 3. The van der Waals surface area contributed by atoms with Crippen LogP contribution in [-0.4, -0.2) is 14.7 Å². The van der Waals surface area contributed by atoms with E-state index in [0.717, 1.165) is 4.88 Å². The largest absolute Gasteiger partial charge is 0.494 e. The molecule has 0 atom stereocenters. The summed E-state index contributed by atoms with van der Waals surface area (Å²) in [5, 5.41) is 18.5. The highest BCUT2D eigenvalue weighted by Gasteiger charge is 2.15. The van der Waals surface area contributed by atoms with Gasteiger partial charge in [0, 0.05) is 23.2 Å². The molecule has 2 aromatic rings. The second kappa shape index (κ2) is 5.54. The van der Waals surface area contributed by atoms with Crippen LogP contribution in [0.1, 0.15) is 22.9 Å². The lowest BCUT2D eigenvalue weighted by atomic mass is 10.1. The van der Waals surface area contributed by atoms with E-state index in [-0.39, 0.29) is 17.1 Å². The van der Waals surface area contributed by atoms with Gasteiger partial charge >= 0.3 is 0 Å². The molecule has 0 bridgehead atoms. The van der Waals surface area contributed by atoms with E-state index >= 15 is 0 Å². The minimum Gasteiger partial charge on any atom is -0.494 e. The van der Waals surface area contributed by atoms with Crippen LogP contribution in [0.25, 0.3) is 0 Å². The fourth-order valence-corrected chi connectivity index (χ4v) is 2.41. The molecule has 0 amide bonds. The number of nitrogens with zero attached hydrogens (tertiary/aromatic N) is 4.